The van der Waals surface area contributed by atoms with Gasteiger partial charge in [-0.05, 0) is 50.4 Å². The molecule has 20 heavy (non-hydrogen) atoms. The molecule has 1 amide bonds. The highest BCUT2D eigenvalue weighted by molar-refractivity contribution is 6.62. The van der Waals surface area contributed by atoms with Gasteiger partial charge in [-0.15, -0.1) is 0 Å². The fourth-order valence-corrected chi connectivity index (χ4v) is 2.45. The van der Waals surface area contributed by atoms with Crippen LogP contribution in [0.1, 0.15) is 31.9 Å². The molecule has 0 atom stereocenters. The van der Waals surface area contributed by atoms with Crippen LogP contribution in [0, 0.1) is 6.92 Å². The average molecular weight is 298 g/mol. The number of amides is 1. The first-order valence-electron chi connectivity index (χ1n) is 6.30. The van der Waals surface area contributed by atoms with Gasteiger partial charge in [0.15, 0.2) is 0 Å². The molecule has 2 N–H and O–H groups in total. The molecule has 1 aromatic rings. The highest BCUT2D eigenvalue weighted by Crippen LogP contribution is 2.29. The van der Waals surface area contributed by atoms with E-state index in [4.69, 9.17) is 21.0 Å². The van der Waals surface area contributed by atoms with Gasteiger partial charge in [0.25, 0.3) is 0 Å². The first-order valence-corrected chi connectivity index (χ1v) is 6.68. The van der Waals surface area contributed by atoms with E-state index < -0.39 is 18.8 Å². The van der Waals surface area contributed by atoms with Gasteiger partial charge in [0.1, 0.15) is 5.60 Å². The number of benzene rings is 1. The minimum absolute atomic E-state index is 0.309. The maximum absolute atomic E-state index is 11.8. The van der Waals surface area contributed by atoms with Crippen LogP contribution in [0.5, 0.6) is 0 Å². The molecule has 0 saturated heterocycles. The van der Waals surface area contributed by atoms with E-state index in [1.807, 2.05) is 0 Å². The largest absolute Gasteiger partial charge is 0.492 e. The number of hydrogen-bond donors (Lipinski definition) is 2. The molecule has 0 spiro atoms. The molecular weight excluding hydrogens is 280 g/mol. The standard InChI is InChI=1S/C13H17BClNO4/c1-7-10-8(6-19-14(10)18)5-9(15)11(7)16-12(17)20-13(2,3)4/h5,18H,6H2,1-4H3,(H,16,17). The number of carbonyl (C=O) groups excluding carboxylic acids is 1. The molecular formula is C13H17BClNO4. The number of fused-ring (bicyclic) bond motifs is 1. The molecule has 7 heteroatoms. The van der Waals surface area contributed by atoms with Gasteiger partial charge in [-0.25, -0.2) is 4.79 Å². The van der Waals surface area contributed by atoms with Crippen LogP contribution in [-0.2, 0) is 16.0 Å². The van der Waals surface area contributed by atoms with E-state index >= 15 is 0 Å². The van der Waals surface area contributed by atoms with Crippen molar-refractivity contribution in [3.05, 3.63) is 22.2 Å². The van der Waals surface area contributed by atoms with Crippen molar-refractivity contribution < 1.29 is 19.2 Å². The van der Waals surface area contributed by atoms with Crippen LogP contribution in [0.2, 0.25) is 5.02 Å². The van der Waals surface area contributed by atoms with Crippen molar-refractivity contribution in [3.8, 4) is 0 Å². The molecule has 0 radical (unpaired) electrons. The summed E-state index contributed by atoms with van der Waals surface area (Å²) in [4.78, 5) is 11.8. The van der Waals surface area contributed by atoms with Crippen molar-refractivity contribution in [2.24, 2.45) is 0 Å². The van der Waals surface area contributed by atoms with Crippen LogP contribution >= 0.6 is 11.6 Å². The number of nitrogens with one attached hydrogen (secondary N) is 1. The lowest BCUT2D eigenvalue weighted by Gasteiger charge is -2.21. The predicted octanol–water partition coefficient (Wildman–Crippen LogP) is 2.21. The van der Waals surface area contributed by atoms with Gasteiger partial charge in [0.2, 0.25) is 0 Å². The second kappa shape index (κ2) is 5.28. The molecule has 1 aliphatic heterocycles. The summed E-state index contributed by atoms with van der Waals surface area (Å²) in [6.45, 7) is 7.42. The molecule has 5 nitrogen and oxygen atoms in total. The zero-order valence-electron chi connectivity index (χ0n) is 11.9. The molecule has 108 valence electrons. The summed E-state index contributed by atoms with van der Waals surface area (Å²) in [5, 5.41) is 12.8. The second-order valence-corrected chi connectivity index (χ2v) is 6.13. The Hall–Kier alpha value is -1.24. The van der Waals surface area contributed by atoms with Crippen LogP contribution in [0.25, 0.3) is 0 Å². The van der Waals surface area contributed by atoms with Gasteiger partial charge in [0, 0.05) is 0 Å². The second-order valence-electron chi connectivity index (χ2n) is 5.72. The Bertz CT molecular complexity index is 556. The number of rotatable bonds is 1. The minimum atomic E-state index is -0.985. The molecule has 1 heterocycles. The molecule has 2 rings (SSSR count). The van der Waals surface area contributed by atoms with Gasteiger partial charge < -0.3 is 14.4 Å². The lowest BCUT2D eigenvalue weighted by molar-refractivity contribution is 0.0636. The molecule has 0 unspecified atom stereocenters. The zero-order valence-corrected chi connectivity index (χ0v) is 12.7. The Morgan fingerprint density at radius 2 is 2.20 bits per heavy atom. The van der Waals surface area contributed by atoms with Crippen molar-refractivity contribution >= 4 is 36.0 Å². The number of halogens is 1. The fourth-order valence-electron chi connectivity index (χ4n) is 2.13. The Labute approximate surface area is 123 Å². The van der Waals surface area contributed by atoms with E-state index in [9.17, 15) is 9.82 Å². The van der Waals surface area contributed by atoms with E-state index in [0.29, 0.717) is 28.3 Å². The quantitative estimate of drug-likeness (QED) is 0.780. The Morgan fingerprint density at radius 1 is 1.55 bits per heavy atom. The smallest absolute Gasteiger partial charge is 0.444 e. The average Bonchev–Trinajstić information content (AvgIpc) is 2.63. The first kappa shape index (κ1) is 15.2. The summed E-state index contributed by atoms with van der Waals surface area (Å²) < 4.78 is 10.3. The lowest BCUT2D eigenvalue weighted by Crippen LogP contribution is -2.32. The number of anilines is 1. The Kier molecular flexibility index (Phi) is 4.00. The fraction of sp³-hybridized carbons (Fsp3) is 0.462. The summed E-state index contributed by atoms with van der Waals surface area (Å²) in [5.74, 6) is 0. The molecule has 0 aromatic heterocycles. The molecule has 0 fully saturated rings. The maximum atomic E-state index is 11.8. The monoisotopic (exact) mass is 297 g/mol. The third-order valence-electron chi connectivity index (χ3n) is 2.93. The summed E-state index contributed by atoms with van der Waals surface area (Å²) in [6.07, 6.45) is -0.587. The SMILES string of the molecule is Cc1c(NC(=O)OC(C)(C)C)c(Cl)cc2c1B(O)OC2. The van der Waals surface area contributed by atoms with E-state index in [2.05, 4.69) is 5.32 Å². The van der Waals surface area contributed by atoms with Gasteiger partial charge >= 0.3 is 13.2 Å². The highest BCUT2D eigenvalue weighted by atomic mass is 35.5. The van der Waals surface area contributed by atoms with E-state index in [0.717, 1.165) is 5.56 Å². The van der Waals surface area contributed by atoms with Gasteiger partial charge in [-0.3, -0.25) is 5.32 Å². The number of ether oxygens (including phenoxy) is 1. The van der Waals surface area contributed by atoms with E-state index in [1.165, 1.54) is 0 Å². The normalized spacial score (nSPS) is 14.2. The molecule has 1 aliphatic rings. The molecule has 0 aliphatic carbocycles. The van der Waals surface area contributed by atoms with Gasteiger partial charge in [-0.2, -0.15) is 0 Å². The highest BCUT2D eigenvalue weighted by Gasteiger charge is 2.32. The van der Waals surface area contributed by atoms with Crippen molar-refractivity contribution in [1.82, 2.24) is 0 Å². The van der Waals surface area contributed by atoms with Crippen LogP contribution in [0.3, 0.4) is 0 Å². The van der Waals surface area contributed by atoms with Crippen molar-refractivity contribution in [2.75, 3.05) is 5.32 Å². The maximum Gasteiger partial charge on any atom is 0.492 e. The summed E-state index contributed by atoms with van der Waals surface area (Å²) >= 11 is 6.17. The first-order chi connectivity index (χ1) is 9.19. The van der Waals surface area contributed by atoms with Crippen molar-refractivity contribution in [1.29, 1.82) is 0 Å². The predicted molar refractivity (Wildman–Crippen MR) is 78.4 cm³/mol. The van der Waals surface area contributed by atoms with Gasteiger partial charge in [-0.1, -0.05) is 11.6 Å². The molecule has 1 aromatic carbocycles. The minimum Gasteiger partial charge on any atom is -0.444 e. The summed E-state index contributed by atoms with van der Waals surface area (Å²) in [5.41, 5.74) is 2.01. The Morgan fingerprint density at radius 3 is 2.80 bits per heavy atom. The topological polar surface area (TPSA) is 67.8 Å². The van der Waals surface area contributed by atoms with Crippen molar-refractivity contribution in [3.63, 3.8) is 0 Å². The number of hydrogen-bond acceptors (Lipinski definition) is 4. The molecule has 0 saturated carbocycles. The van der Waals surface area contributed by atoms with Gasteiger partial charge in [0.05, 0.1) is 17.3 Å². The number of carbonyl (C=O) groups is 1. The van der Waals surface area contributed by atoms with E-state index in [1.54, 1.807) is 33.8 Å². The zero-order chi connectivity index (χ0) is 15.1. The summed E-state index contributed by atoms with van der Waals surface area (Å²) in [7, 11) is -0.985. The lowest BCUT2D eigenvalue weighted by atomic mass is 9.76. The Balaban J connectivity index is 2.29. The van der Waals surface area contributed by atoms with Crippen LogP contribution in [-0.4, -0.2) is 23.8 Å². The van der Waals surface area contributed by atoms with Crippen molar-refractivity contribution in [2.45, 2.75) is 39.9 Å². The summed E-state index contributed by atoms with van der Waals surface area (Å²) in [6, 6.07) is 1.69. The third kappa shape index (κ3) is 3.08. The van der Waals surface area contributed by atoms with Crippen LogP contribution < -0.4 is 10.8 Å². The van der Waals surface area contributed by atoms with E-state index in [-0.39, 0.29) is 0 Å². The molecule has 0 bridgehead atoms. The van der Waals surface area contributed by atoms with Crippen LogP contribution in [0.15, 0.2) is 6.07 Å². The van der Waals surface area contributed by atoms with Crippen LogP contribution in [0.4, 0.5) is 10.5 Å². The third-order valence-corrected chi connectivity index (χ3v) is 3.23.